The van der Waals surface area contributed by atoms with Crippen LogP contribution in [0, 0.1) is 0 Å². The number of hydrogen-bond acceptors (Lipinski definition) is 5. The average molecular weight is 360 g/mol. The smallest absolute Gasteiger partial charge is 0.186 e. The van der Waals surface area contributed by atoms with Crippen LogP contribution in [0.2, 0.25) is 5.02 Å². The lowest BCUT2D eigenvalue weighted by atomic mass is 10.1. The molecule has 2 aromatic carbocycles. The maximum Gasteiger partial charge on any atom is 0.186 e. The van der Waals surface area contributed by atoms with Crippen LogP contribution in [0.15, 0.2) is 42.5 Å². The van der Waals surface area contributed by atoms with E-state index in [4.69, 9.17) is 11.6 Å². The van der Waals surface area contributed by atoms with Gasteiger partial charge in [-0.05, 0) is 37.1 Å². The van der Waals surface area contributed by atoms with Crippen molar-refractivity contribution in [1.82, 2.24) is 4.98 Å². The molecule has 2 N–H and O–H groups in total. The fourth-order valence-corrected chi connectivity index (χ4v) is 4.29. The van der Waals surface area contributed by atoms with Crippen molar-refractivity contribution in [3.63, 3.8) is 0 Å². The highest BCUT2D eigenvalue weighted by atomic mass is 35.5. The van der Waals surface area contributed by atoms with Gasteiger partial charge in [-0.25, -0.2) is 4.98 Å². The predicted molar refractivity (Wildman–Crippen MR) is 102 cm³/mol. The summed E-state index contributed by atoms with van der Waals surface area (Å²) in [5.74, 6) is 0.312. The molecule has 3 aromatic rings. The molecule has 1 aliphatic rings. The molecule has 24 heavy (non-hydrogen) atoms. The maximum atomic E-state index is 9.94. The van der Waals surface area contributed by atoms with Gasteiger partial charge in [0.1, 0.15) is 5.75 Å². The van der Waals surface area contributed by atoms with Gasteiger partial charge in [-0.2, -0.15) is 0 Å². The van der Waals surface area contributed by atoms with E-state index in [1.54, 1.807) is 17.4 Å². The third-order valence-corrected chi connectivity index (χ3v) is 5.87. The molecular weight excluding hydrogens is 342 g/mol. The second-order valence-electron chi connectivity index (χ2n) is 6.01. The monoisotopic (exact) mass is 359 g/mol. The van der Waals surface area contributed by atoms with E-state index in [1.165, 1.54) is 0 Å². The predicted octanol–water partition coefficient (Wildman–Crippen LogP) is 4.74. The van der Waals surface area contributed by atoms with Gasteiger partial charge in [-0.15, -0.1) is 0 Å². The molecule has 0 saturated carbocycles. The molecule has 0 radical (unpaired) electrons. The molecule has 0 spiro atoms. The Morgan fingerprint density at radius 2 is 1.92 bits per heavy atom. The van der Waals surface area contributed by atoms with Crippen molar-refractivity contribution in [3.8, 4) is 5.75 Å². The van der Waals surface area contributed by atoms with E-state index in [2.05, 4.69) is 15.2 Å². The van der Waals surface area contributed by atoms with Crippen LogP contribution in [0.5, 0.6) is 5.75 Å². The maximum absolute atomic E-state index is 9.94. The molecule has 0 bridgehead atoms. The van der Waals surface area contributed by atoms with Crippen LogP contribution in [-0.2, 0) is 0 Å². The first-order chi connectivity index (χ1) is 11.7. The normalized spacial score (nSPS) is 15.8. The first-order valence-electron chi connectivity index (χ1n) is 8.05. The fourth-order valence-electron chi connectivity index (χ4n) is 3.07. The van der Waals surface area contributed by atoms with Crippen LogP contribution in [0.4, 0.5) is 10.8 Å². The summed E-state index contributed by atoms with van der Waals surface area (Å²) in [6.45, 7) is 1.89. The van der Waals surface area contributed by atoms with Crippen LogP contribution in [0.25, 0.3) is 10.2 Å². The van der Waals surface area contributed by atoms with Crippen molar-refractivity contribution in [2.75, 3.05) is 23.3 Å². The molecule has 0 amide bonds. The van der Waals surface area contributed by atoms with Gasteiger partial charge in [0, 0.05) is 19.1 Å². The topological polar surface area (TPSA) is 48.4 Å². The zero-order valence-electron chi connectivity index (χ0n) is 13.1. The quantitative estimate of drug-likeness (QED) is 0.709. The summed E-state index contributed by atoms with van der Waals surface area (Å²) in [7, 11) is 0. The van der Waals surface area contributed by atoms with Crippen molar-refractivity contribution < 1.29 is 5.11 Å². The van der Waals surface area contributed by atoms with Crippen molar-refractivity contribution in [1.29, 1.82) is 0 Å². The number of benzene rings is 2. The van der Waals surface area contributed by atoms with Gasteiger partial charge in [0.2, 0.25) is 0 Å². The average Bonchev–Trinajstić information content (AvgIpc) is 3.03. The lowest BCUT2D eigenvalue weighted by Gasteiger charge is -2.32. The standard InChI is InChI=1S/C18H18ClN3OS/c19-13-4-1-2-5-14(13)20-12-8-10-22(11-9-12)18-21-15-6-3-7-16(23)17(15)24-18/h1-7,12,20,23H,8-11H2. The van der Waals surface area contributed by atoms with Gasteiger partial charge in [-0.3, -0.25) is 0 Å². The van der Waals surface area contributed by atoms with Gasteiger partial charge in [0.25, 0.3) is 0 Å². The third kappa shape index (κ3) is 3.01. The minimum absolute atomic E-state index is 0.312. The number of aromatic nitrogens is 1. The van der Waals surface area contributed by atoms with Crippen molar-refractivity contribution >= 4 is 44.0 Å². The number of fused-ring (bicyclic) bond motifs is 1. The molecule has 4 rings (SSSR count). The second-order valence-corrected chi connectivity index (χ2v) is 7.39. The number of phenolic OH excluding ortho intramolecular Hbond substituents is 1. The zero-order valence-corrected chi connectivity index (χ0v) is 14.6. The lowest BCUT2D eigenvalue weighted by Crippen LogP contribution is -2.39. The molecule has 4 nitrogen and oxygen atoms in total. The number of para-hydroxylation sites is 1. The summed E-state index contributed by atoms with van der Waals surface area (Å²) in [6.07, 6.45) is 2.07. The van der Waals surface area contributed by atoms with E-state index in [9.17, 15) is 5.11 Å². The molecular formula is C18H18ClN3OS. The molecule has 0 unspecified atom stereocenters. The molecule has 6 heteroatoms. The van der Waals surface area contributed by atoms with Crippen LogP contribution < -0.4 is 10.2 Å². The van der Waals surface area contributed by atoms with Gasteiger partial charge in [0.15, 0.2) is 5.13 Å². The highest BCUT2D eigenvalue weighted by Gasteiger charge is 2.22. The molecule has 2 heterocycles. The summed E-state index contributed by atoms with van der Waals surface area (Å²) in [5, 5.41) is 15.2. The number of rotatable bonds is 3. The van der Waals surface area contributed by atoms with Gasteiger partial charge < -0.3 is 15.3 Å². The Morgan fingerprint density at radius 3 is 2.67 bits per heavy atom. The minimum atomic E-state index is 0.312. The van der Waals surface area contributed by atoms with Crippen molar-refractivity contribution in [3.05, 3.63) is 47.5 Å². The number of thiazole rings is 1. The van der Waals surface area contributed by atoms with Crippen LogP contribution in [0.3, 0.4) is 0 Å². The van der Waals surface area contributed by atoms with Crippen LogP contribution in [-0.4, -0.2) is 29.2 Å². The summed E-state index contributed by atoms with van der Waals surface area (Å²) >= 11 is 7.78. The zero-order chi connectivity index (χ0) is 16.5. The number of nitrogens with one attached hydrogen (secondary N) is 1. The number of piperidine rings is 1. The Labute approximate surface area is 149 Å². The van der Waals surface area contributed by atoms with Crippen LogP contribution >= 0.6 is 22.9 Å². The lowest BCUT2D eigenvalue weighted by molar-refractivity contribution is 0.482. The summed E-state index contributed by atoms with van der Waals surface area (Å²) < 4.78 is 0.865. The number of aromatic hydroxyl groups is 1. The first-order valence-corrected chi connectivity index (χ1v) is 9.25. The molecule has 124 valence electrons. The summed E-state index contributed by atoms with van der Waals surface area (Å²) in [4.78, 5) is 6.96. The highest BCUT2D eigenvalue weighted by Crippen LogP contribution is 2.35. The Balaban J connectivity index is 1.44. The van der Waals surface area contributed by atoms with Gasteiger partial charge in [0.05, 0.1) is 20.9 Å². The number of anilines is 2. The number of phenols is 1. The molecule has 1 saturated heterocycles. The molecule has 0 aliphatic carbocycles. The Kier molecular flexibility index (Phi) is 4.21. The fraction of sp³-hybridized carbons (Fsp3) is 0.278. The molecule has 0 atom stereocenters. The van der Waals surface area contributed by atoms with E-state index >= 15 is 0 Å². The molecule has 1 fully saturated rings. The Bertz CT molecular complexity index is 858. The minimum Gasteiger partial charge on any atom is -0.506 e. The van der Waals surface area contributed by atoms with E-state index < -0.39 is 0 Å². The SMILES string of the molecule is Oc1cccc2nc(N3CCC(Nc4ccccc4Cl)CC3)sc12. The summed E-state index contributed by atoms with van der Waals surface area (Å²) in [6, 6.07) is 13.8. The van der Waals surface area contributed by atoms with E-state index in [0.29, 0.717) is 11.8 Å². The van der Waals surface area contributed by atoms with Crippen molar-refractivity contribution in [2.45, 2.75) is 18.9 Å². The van der Waals surface area contributed by atoms with Gasteiger partial charge in [-0.1, -0.05) is 41.1 Å². The van der Waals surface area contributed by atoms with E-state index in [1.807, 2.05) is 36.4 Å². The van der Waals surface area contributed by atoms with E-state index in [-0.39, 0.29) is 0 Å². The molecule has 1 aliphatic heterocycles. The number of halogens is 1. The largest absolute Gasteiger partial charge is 0.506 e. The first kappa shape index (κ1) is 15.5. The van der Waals surface area contributed by atoms with Gasteiger partial charge >= 0.3 is 0 Å². The third-order valence-electron chi connectivity index (χ3n) is 4.38. The highest BCUT2D eigenvalue weighted by molar-refractivity contribution is 7.22. The van der Waals surface area contributed by atoms with E-state index in [0.717, 1.165) is 52.0 Å². The number of hydrogen-bond donors (Lipinski definition) is 2. The molecule has 1 aromatic heterocycles. The van der Waals surface area contributed by atoms with Crippen LogP contribution in [0.1, 0.15) is 12.8 Å². The summed E-state index contributed by atoms with van der Waals surface area (Å²) in [5.41, 5.74) is 1.87. The Morgan fingerprint density at radius 1 is 1.12 bits per heavy atom. The second kappa shape index (κ2) is 6.49. The van der Waals surface area contributed by atoms with Crippen molar-refractivity contribution in [2.24, 2.45) is 0 Å². The number of nitrogens with zero attached hydrogens (tertiary/aromatic N) is 2. The Hall–Kier alpha value is -1.98.